The van der Waals surface area contributed by atoms with E-state index in [1.54, 1.807) is 19.1 Å². The molecule has 0 aliphatic rings. The van der Waals surface area contributed by atoms with Crippen LogP contribution in [0.1, 0.15) is 45.2 Å². The van der Waals surface area contributed by atoms with Crippen molar-refractivity contribution in [1.82, 2.24) is 0 Å². The molecule has 1 N–H and O–H groups in total. The minimum Gasteiger partial charge on any atom is -0.481 e. The third-order valence-corrected chi connectivity index (χ3v) is 4.53. The van der Waals surface area contributed by atoms with Gasteiger partial charge in [0.05, 0.1) is 10.6 Å². The lowest BCUT2D eigenvalue weighted by atomic mass is 9.87. The largest absolute Gasteiger partial charge is 0.481 e. The summed E-state index contributed by atoms with van der Waals surface area (Å²) >= 11 is 5.60. The van der Waals surface area contributed by atoms with Crippen LogP contribution in [-0.4, -0.2) is 12.0 Å². The minimum atomic E-state index is -4.60. The summed E-state index contributed by atoms with van der Waals surface area (Å²) in [6.07, 6.45) is -5.09. The molecule has 2 aromatic rings. The van der Waals surface area contributed by atoms with Gasteiger partial charge in [-0.2, -0.15) is 13.2 Å². The molecule has 152 valence electrons. The van der Waals surface area contributed by atoms with Gasteiger partial charge < -0.3 is 10.1 Å². The Hall–Kier alpha value is -2.21. The van der Waals surface area contributed by atoms with Crippen molar-refractivity contribution < 1.29 is 22.7 Å². The van der Waals surface area contributed by atoms with E-state index < -0.39 is 28.8 Å². The van der Waals surface area contributed by atoms with Crippen molar-refractivity contribution in [1.29, 1.82) is 0 Å². The smallest absolute Gasteiger partial charge is 0.417 e. The SMILES string of the molecule is CC[C@H](Oc1ccc(C(C)(C)C)cc1)C(=O)Nc1ccc(Cl)c(C(F)(F)F)c1. The average Bonchev–Trinajstić information content (AvgIpc) is 2.59. The monoisotopic (exact) mass is 413 g/mol. The van der Waals surface area contributed by atoms with Crippen LogP contribution in [-0.2, 0) is 16.4 Å². The maximum Gasteiger partial charge on any atom is 0.417 e. The van der Waals surface area contributed by atoms with Gasteiger partial charge in [0.15, 0.2) is 6.10 Å². The summed E-state index contributed by atoms with van der Waals surface area (Å²) in [5.41, 5.74) is 0.119. The number of carbonyl (C=O) groups excluding carboxylic acids is 1. The second kappa shape index (κ2) is 8.43. The van der Waals surface area contributed by atoms with Crippen LogP contribution in [0, 0.1) is 0 Å². The van der Waals surface area contributed by atoms with Crippen LogP contribution in [0.4, 0.5) is 18.9 Å². The molecule has 0 aliphatic heterocycles. The lowest BCUT2D eigenvalue weighted by Crippen LogP contribution is -2.32. The summed E-state index contributed by atoms with van der Waals surface area (Å²) in [7, 11) is 0. The molecule has 0 heterocycles. The quantitative estimate of drug-likeness (QED) is 0.611. The molecule has 0 fully saturated rings. The Morgan fingerprint density at radius 3 is 2.21 bits per heavy atom. The second-order valence-electron chi connectivity index (χ2n) is 7.47. The van der Waals surface area contributed by atoms with E-state index in [9.17, 15) is 18.0 Å². The first kappa shape index (κ1) is 22.1. The van der Waals surface area contributed by atoms with Crippen molar-refractivity contribution in [2.75, 3.05) is 5.32 Å². The summed E-state index contributed by atoms with van der Waals surface area (Å²) in [5.74, 6) is -0.0140. The molecule has 1 amide bonds. The molecular weight excluding hydrogens is 391 g/mol. The number of rotatable bonds is 5. The standard InChI is InChI=1S/C21H23ClF3NO2/c1-5-18(28-15-9-6-13(7-10-15)20(2,3)4)19(27)26-14-8-11-17(22)16(12-14)21(23,24)25/h6-12,18H,5H2,1-4H3,(H,26,27)/t18-/m0/s1. The number of carbonyl (C=O) groups is 1. The predicted molar refractivity (Wildman–Crippen MR) is 105 cm³/mol. The minimum absolute atomic E-state index is 0.00635. The molecule has 0 aromatic heterocycles. The predicted octanol–water partition coefficient (Wildman–Crippen LogP) is 6.45. The zero-order chi connectivity index (χ0) is 21.1. The highest BCUT2D eigenvalue weighted by molar-refractivity contribution is 6.31. The van der Waals surface area contributed by atoms with Crippen LogP contribution >= 0.6 is 11.6 Å². The van der Waals surface area contributed by atoms with Gasteiger partial charge in [-0.1, -0.05) is 51.4 Å². The number of anilines is 1. The number of halogens is 4. The number of hydrogen-bond donors (Lipinski definition) is 1. The molecule has 0 bridgehead atoms. The van der Waals surface area contributed by atoms with Crippen LogP contribution in [0.5, 0.6) is 5.75 Å². The van der Waals surface area contributed by atoms with Crippen molar-refractivity contribution in [2.45, 2.75) is 51.8 Å². The Kier molecular flexibility index (Phi) is 6.65. The summed E-state index contributed by atoms with van der Waals surface area (Å²) in [6.45, 7) is 8.03. The zero-order valence-corrected chi connectivity index (χ0v) is 16.9. The zero-order valence-electron chi connectivity index (χ0n) is 16.2. The molecule has 1 atom stereocenters. The maximum absolute atomic E-state index is 13.0. The fourth-order valence-electron chi connectivity index (χ4n) is 2.56. The Morgan fingerprint density at radius 1 is 1.11 bits per heavy atom. The molecule has 7 heteroatoms. The van der Waals surface area contributed by atoms with Gasteiger partial charge in [-0.05, 0) is 47.7 Å². The molecule has 2 aromatic carbocycles. The first-order valence-electron chi connectivity index (χ1n) is 8.86. The topological polar surface area (TPSA) is 38.3 Å². The van der Waals surface area contributed by atoms with Crippen molar-refractivity contribution in [3.8, 4) is 5.75 Å². The molecule has 0 saturated carbocycles. The van der Waals surface area contributed by atoms with Gasteiger partial charge in [0.25, 0.3) is 5.91 Å². The van der Waals surface area contributed by atoms with Gasteiger partial charge in [0.2, 0.25) is 0 Å². The van der Waals surface area contributed by atoms with Crippen molar-refractivity contribution in [3.63, 3.8) is 0 Å². The Labute approximate surface area is 167 Å². The van der Waals surface area contributed by atoms with E-state index in [0.717, 1.165) is 17.7 Å². The number of nitrogens with one attached hydrogen (secondary N) is 1. The van der Waals surface area contributed by atoms with E-state index in [0.29, 0.717) is 12.2 Å². The summed E-state index contributed by atoms with van der Waals surface area (Å²) in [4.78, 5) is 12.5. The maximum atomic E-state index is 13.0. The summed E-state index contributed by atoms with van der Waals surface area (Å²) in [6, 6.07) is 10.6. The number of alkyl halides is 3. The van der Waals surface area contributed by atoms with Crippen molar-refractivity contribution in [3.05, 3.63) is 58.6 Å². The fraction of sp³-hybridized carbons (Fsp3) is 0.381. The van der Waals surface area contributed by atoms with E-state index in [1.807, 2.05) is 12.1 Å². The highest BCUT2D eigenvalue weighted by Gasteiger charge is 2.33. The van der Waals surface area contributed by atoms with E-state index >= 15 is 0 Å². The lowest BCUT2D eigenvalue weighted by Gasteiger charge is -2.21. The molecule has 28 heavy (non-hydrogen) atoms. The van der Waals surface area contributed by atoms with Gasteiger partial charge in [-0.25, -0.2) is 0 Å². The Bertz CT molecular complexity index is 827. The van der Waals surface area contributed by atoms with Gasteiger partial charge >= 0.3 is 6.18 Å². The highest BCUT2D eigenvalue weighted by atomic mass is 35.5. The van der Waals surface area contributed by atoms with Crippen LogP contribution in [0.25, 0.3) is 0 Å². The summed E-state index contributed by atoms with van der Waals surface area (Å²) in [5, 5.41) is 2.04. The summed E-state index contributed by atoms with van der Waals surface area (Å²) < 4.78 is 44.6. The number of ether oxygens (including phenoxy) is 1. The molecule has 0 saturated heterocycles. The third kappa shape index (κ3) is 5.64. The van der Waals surface area contributed by atoms with Crippen LogP contribution in [0.2, 0.25) is 5.02 Å². The normalized spacial score (nSPS) is 13.1. The van der Waals surface area contributed by atoms with Crippen molar-refractivity contribution in [2.24, 2.45) is 0 Å². The van der Waals surface area contributed by atoms with Crippen LogP contribution < -0.4 is 10.1 Å². The van der Waals surface area contributed by atoms with Gasteiger partial charge in [-0.15, -0.1) is 0 Å². The van der Waals surface area contributed by atoms with Gasteiger partial charge in [-0.3, -0.25) is 4.79 Å². The molecule has 0 aliphatic carbocycles. The molecule has 0 radical (unpaired) electrons. The molecule has 3 nitrogen and oxygen atoms in total. The van der Waals surface area contributed by atoms with Gasteiger partial charge in [0, 0.05) is 5.69 Å². The molecule has 0 unspecified atom stereocenters. The molecule has 2 rings (SSSR count). The van der Waals surface area contributed by atoms with E-state index in [-0.39, 0.29) is 11.1 Å². The average molecular weight is 414 g/mol. The third-order valence-electron chi connectivity index (χ3n) is 4.20. The first-order chi connectivity index (χ1) is 12.9. The number of amides is 1. The Morgan fingerprint density at radius 2 is 1.71 bits per heavy atom. The second-order valence-corrected chi connectivity index (χ2v) is 7.88. The van der Waals surface area contributed by atoms with E-state index in [4.69, 9.17) is 16.3 Å². The number of hydrogen-bond acceptors (Lipinski definition) is 2. The highest BCUT2D eigenvalue weighted by Crippen LogP contribution is 2.36. The van der Waals surface area contributed by atoms with E-state index in [1.165, 1.54) is 6.07 Å². The fourth-order valence-corrected chi connectivity index (χ4v) is 2.79. The Balaban J connectivity index is 2.12. The van der Waals surface area contributed by atoms with Gasteiger partial charge in [0.1, 0.15) is 5.75 Å². The number of benzene rings is 2. The first-order valence-corrected chi connectivity index (χ1v) is 9.24. The van der Waals surface area contributed by atoms with Crippen molar-refractivity contribution >= 4 is 23.2 Å². The molecular formula is C21H23ClF3NO2. The van der Waals surface area contributed by atoms with E-state index in [2.05, 4.69) is 26.1 Å². The molecule has 0 spiro atoms. The lowest BCUT2D eigenvalue weighted by molar-refractivity contribution is -0.137. The van der Waals surface area contributed by atoms with Crippen LogP contribution in [0.15, 0.2) is 42.5 Å². The van der Waals surface area contributed by atoms with Crippen LogP contribution in [0.3, 0.4) is 0 Å².